The third kappa shape index (κ3) is 2.47. The van der Waals surface area contributed by atoms with Crippen LogP contribution in [-0.2, 0) is 0 Å². The number of rotatable bonds is 2. The maximum atomic E-state index is 4.98. The van der Waals surface area contributed by atoms with Crippen LogP contribution in [0.4, 0.5) is 0 Å². The molecule has 2 heterocycles. The number of fused-ring (bicyclic) bond motifs is 1. The minimum Gasteiger partial charge on any atom is -0.256 e. The van der Waals surface area contributed by atoms with Crippen LogP contribution >= 0.6 is 0 Å². The molecule has 0 saturated heterocycles. The summed E-state index contributed by atoms with van der Waals surface area (Å²) < 4.78 is 0. The lowest BCUT2D eigenvalue weighted by Crippen LogP contribution is -1.91. The van der Waals surface area contributed by atoms with Crippen LogP contribution < -0.4 is 0 Å². The molecule has 0 spiro atoms. The van der Waals surface area contributed by atoms with Crippen molar-refractivity contribution in [3.8, 4) is 22.5 Å². The molecular weight excluding hydrogens is 388 g/mol. The first kappa shape index (κ1) is 17.4. The highest BCUT2D eigenvalue weighted by Crippen LogP contribution is 2.41. The highest BCUT2D eigenvalue weighted by atomic mass is 14.7. The van der Waals surface area contributed by atoms with Crippen molar-refractivity contribution in [3.05, 3.63) is 109 Å². The molecular formula is C30H18N2. The Balaban J connectivity index is 1.57. The molecule has 0 fully saturated rings. The molecule has 0 unspecified atom stereocenters. The van der Waals surface area contributed by atoms with E-state index in [0.29, 0.717) is 0 Å². The molecule has 0 atom stereocenters. The number of nitrogens with zero attached hydrogens (tertiary/aromatic N) is 2. The smallest absolute Gasteiger partial charge is 0.0715 e. The molecule has 0 amide bonds. The van der Waals surface area contributed by atoms with Gasteiger partial charge in [0.25, 0.3) is 0 Å². The molecule has 148 valence electrons. The van der Waals surface area contributed by atoms with E-state index in [2.05, 4.69) is 89.9 Å². The lowest BCUT2D eigenvalue weighted by atomic mass is 9.88. The van der Waals surface area contributed by atoms with Gasteiger partial charge in [0.1, 0.15) is 0 Å². The van der Waals surface area contributed by atoms with Crippen molar-refractivity contribution in [1.29, 1.82) is 0 Å². The summed E-state index contributed by atoms with van der Waals surface area (Å²) in [5, 5.41) is 8.73. The standard InChI is InChI=1S/C30H18N2/c1-2-6-26-19(5-1)12-17-28(32-26)23-14-9-21-10-15-24-22(27-7-3-4-18-31-27)13-8-20-11-16-25(23)30(21)29(20)24/h1-18H. The lowest BCUT2D eigenvalue weighted by molar-refractivity contribution is 1.33. The van der Waals surface area contributed by atoms with E-state index in [0.717, 1.165) is 22.3 Å². The van der Waals surface area contributed by atoms with Gasteiger partial charge in [0.05, 0.1) is 16.9 Å². The summed E-state index contributed by atoms with van der Waals surface area (Å²) in [7, 11) is 0. The van der Waals surface area contributed by atoms with Gasteiger partial charge in [-0.1, -0.05) is 78.9 Å². The van der Waals surface area contributed by atoms with E-state index in [1.165, 1.54) is 43.4 Å². The summed E-state index contributed by atoms with van der Waals surface area (Å²) in [6, 6.07) is 36.4. The highest BCUT2D eigenvalue weighted by Gasteiger charge is 2.15. The van der Waals surface area contributed by atoms with Crippen molar-refractivity contribution >= 4 is 43.2 Å². The van der Waals surface area contributed by atoms with Gasteiger partial charge in [-0.25, -0.2) is 4.98 Å². The second kappa shape index (κ2) is 6.60. The van der Waals surface area contributed by atoms with Crippen molar-refractivity contribution in [1.82, 2.24) is 9.97 Å². The Morgan fingerprint density at radius 2 is 1.06 bits per heavy atom. The van der Waals surface area contributed by atoms with Gasteiger partial charge in [-0.15, -0.1) is 0 Å². The van der Waals surface area contributed by atoms with E-state index in [-0.39, 0.29) is 0 Å². The molecule has 0 aliphatic carbocycles. The van der Waals surface area contributed by atoms with Crippen molar-refractivity contribution in [3.63, 3.8) is 0 Å². The fourth-order valence-electron chi connectivity index (χ4n) is 4.99. The minimum absolute atomic E-state index is 1.00. The van der Waals surface area contributed by atoms with Crippen molar-refractivity contribution in [2.45, 2.75) is 0 Å². The monoisotopic (exact) mass is 406 g/mol. The van der Waals surface area contributed by atoms with Crippen molar-refractivity contribution < 1.29 is 0 Å². The normalized spacial score (nSPS) is 11.8. The number of pyridine rings is 2. The van der Waals surface area contributed by atoms with Gasteiger partial charge in [0.2, 0.25) is 0 Å². The van der Waals surface area contributed by atoms with Crippen LogP contribution in [0.3, 0.4) is 0 Å². The highest BCUT2D eigenvalue weighted by molar-refractivity contribution is 6.27. The lowest BCUT2D eigenvalue weighted by Gasteiger charge is -2.16. The van der Waals surface area contributed by atoms with Crippen LogP contribution in [-0.4, -0.2) is 9.97 Å². The number of hydrogen-bond acceptors (Lipinski definition) is 2. The summed E-state index contributed by atoms with van der Waals surface area (Å²) >= 11 is 0. The van der Waals surface area contributed by atoms with Crippen LogP contribution in [0.25, 0.3) is 65.7 Å². The maximum Gasteiger partial charge on any atom is 0.0715 e. The van der Waals surface area contributed by atoms with Crippen LogP contribution in [0.2, 0.25) is 0 Å². The molecule has 0 aliphatic rings. The molecule has 0 saturated carbocycles. The number of benzene rings is 5. The third-order valence-corrected chi connectivity index (χ3v) is 6.48. The molecule has 0 radical (unpaired) electrons. The van der Waals surface area contributed by atoms with E-state index < -0.39 is 0 Å². The topological polar surface area (TPSA) is 25.8 Å². The van der Waals surface area contributed by atoms with Crippen LogP contribution in [0.1, 0.15) is 0 Å². The van der Waals surface area contributed by atoms with Gasteiger partial charge in [-0.05, 0) is 56.6 Å². The maximum absolute atomic E-state index is 4.98. The Hall–Kier alpha value is -4.30. The third-order valence-electron chi connectivity index (χ3n) is 6.48. The van der Waals surface area contributed by atoms with Crippen LogP contribution in [0.15, 0.2) is 109 Å². The van der Waals surface area contributed by atoms with Gasteiger partial charge in [0.15, 0.2) is 0 Å². The van der Waals surface area contributed by atoms with E-state index in [9.17, 15) is 0 Å². The molecule has 7 aromatic rings. The first-order valence-electron chi connectivity index (χ1n) is 10.8. The predicted octanol–water partition coefficient (Wildman–Crippen LogP) is 7.86. The van der Waals surface area contributed by atoms with Crippen LogP contribution in [0, 0.1) is 0 Å². The Kier molecular flexibility index (Phi) is 3.58. The Labute approximate surface area is 185 Å². The fraction of sp³-hybridized carbons (Fsp3) is 0. The number of aromatic nitrogens is 2. The first-order valence-corrected chi connectivity index (χ1v) is 10.8. The molecule has 0 bridgehead atoms. The van der Waals surface area contributed by atoms with Gasteiger partial charge >= 0.3 is 0 Å². The van der Waals surface area contributed by atoms with Crippen molar-refractivity contribution in [2.24, 2.45) is 0 Å². The van der Waals surface area contributed by atoms with Gasteiger partial charge in [-0.3, -0.25) is 4.98 Å². The molecule has 32 heavy (non-hydrogen) atoms. The van der Waals surface area contributed by atoms with Gasteiger partial charge in [0, 0.05) is 22.7 Å². The molecule has 7 rings (SSSR count). The van der Waals surface area contributed by atoms with E-state index in [1.54, 1.807) is 0 Å². The van der Waals surface area contributed by atoms with Gasteiger partial charge in [-0.2, -0.15) is 0 Å². The number of para-hydroxylation sites is 1. The molecule has 2 nitrogen and oxygen atoms in total. The Morgan fingerprint density at radius 3 is 1.78 bits per heavy atom. The molecule has 5 aromatic carbocycles. The quantitative estimate of drug-likeness (QED) is 0.273. The Morgan fingerprint density at radius 1 is 0.438 bits per heavy atom. The first-order chi connectivity index (χ1) is 15.9. The molecule has 0 N–H and O–H groups in total. The Bertz CT molecular complexity index is 1770. The molecule has 2 aromatic heterocycles. The largest absolute Gasteiger partial charge is 0.256 e. The predicted molar refractivity (Wildman–Crippen MR) is 134 cm³/mol. The van der Waals surface area contributed by atoms with Crippen LogP contribution in [0.5, 0.6) is 0 Å². The van der Waals surface area contributed by atoms with Gasteiger partial charge < -0.3 is 0 Å². The summed E-state index contributed by atoms with van der Waals surface area (Å²) in [5.41, 5.74) is 5.36. The summed E-state index contributed by atoms with van der Waals surface area (Å²) in [5.74, 6) is 0. The summed E-state index contributed by atoms with van der Waals surface area (Å²) in [6.45, 7) is 0. The number of hydrogen-bond donors (Lipinski definition) is 0. The molecule has 0 aliphatic heterocycles. The average molecular weight is 406 g/mol. The zero-order valence-corrected chi connectivity index (χ0v) is 17.3. The zero-order chi connectivity index (χ0) is 21.1. The summed E-state index contributed by atoms with van der Waals surface area (Å²) in [6.07, 6.45) is 1.86. The van der Waals surface area contributed by atoms with Crippen molar-refractivity contribution in [2.75, 3.05) is 0 Å². The van der Waals surface area contributed by atoms with E-state index in [1.807, 2.05) is 24.4 Å². The second-order valence-corrected chi connectivity index (χ2v) is 8.25. The average Bonchev–Trinajstić information content (AvgIpc) is 2.87. The second-order valence-electron chi connectivity index (χ2n) is 8.25. The van der Waals surface area contributed by atoms with E-state index >= 15 is 0 Å². The minimum atomic E-state index is 1.00. The molecule has 2 heteroatoms. The summed E-state index contributed by atoms with van der Waals surface area (Å²) in [4.78, 5) is 9.60. The van der Waals surface area contributed by atoms with E-state index in [4.69, 9.17) is 4.98 Å². The SMILES string of the molecule is c1ccc(-c2ccc3ccc4c(-c5ccc6ccccc6n5)ccc5ccc2c3c54)nc1. The zero-order valence-electron chi connectivity index (χ0n) is 17.3. The fourth-order valence-corrected chi connectivity index (χ4v) is 4.99.